The first-order valence-corrected chi connectivity index (χ1v) is 8.71. The average Bonchev–Trinajstić information content (AvgIpc) is 2.44. The van der Waals surface area contributed by atoms with E-state index < -0.39 is 0 Å². The average molecular weight is 362 g/mol. The molecule has 4 nitrogen and oxygen atoms in total. The zero-order chi connectivity index (χ0) is 17.8. The summed E-state index contributed by atoms with van der Waals surface area (Å²) in [7, 11) is 3.75. The molecule has 132 valence electrons. The van der Waals surface area contributed by atoms with Gasteiger partial charge in [-0.1, -0.05) is 43.0 Å². The molecule has 1 rings (SSSR count). The highest BCUT2D eigenvalue weighted by atomic mass is 35.5. The second-order valence-electron chi connectivity index (χ2n) is 5.58. The molecular formula is C17H29Cl2N3O. The van der Waals surface area contributed by atoms with Crippen molar-refractivity contribution in [1.82, 2.24) is 10.6 Å². The van der Waals surface area contributed by atoms with Crippen LogP contribution in [0.1, 0.15) is 40.0 Å². The molecule has 0 aromatic heterocycles. The molecule has 0 spiro atoms. The highest BCUT2D eigenvalue weighted by molar-refractivity contribution is 6.35. The molecule has 0 aliphatic rings. The third kappa shape index (κ3) is 10.4. The molecule has 0 heterocycles. The van der Waals surface area contributed by atoms with E-state index in [-0.39, 0.29) is 18.0 Å². The van der Waals surface area contributed by atoms with Crippen LogP contribution in [-0.2, 0) is 4.79 Å². The standard InChI is InChI=1S/C15H22Cl2N2O.C2H7N/c1-4-5-6-10(2)18-15(20)11(3)19-14-8-12(16)7-13(17)9-14;1-3-2/h7-11,19H,4-6H2,1-3H3,(H,18,20);3H,1-2H3/t10-,11?;/m0./s1. The summed E-state index contributed by atoms with van der Waals surface area (Å²) in [5.74, 6) is -0.0234. The molecule has 0 aliphatic carbocycles. The van der Waals surface area contributed by atoms with Crippen LogP contribution >= 0.6 is 23.2 Å². The Hall–Kier alpha value is -0.970. The summed E-state index contributed by atoms with van der Waals surface area (Å²) in [4.78, 5) is 12.1. The molecule has 0 saturated heterocycles. The number of unbranched alkanes of at least 4 members (excludes halogenated alkanes) is 1. The first-order chi connectivity index (χ1) is 10.8. The Morgan fingerprint density at radius 1 is 1.13 bits per heavy atom. The largest absolute Gasteiger partial charge is 0.374 e. The van der Waals surface area contributed by atoms with Crippen LogP contribution in [0.15, 0.2) is 18.2 Å². The topological polar surface area (TPSA) is 53.2 Å². The molecule has 1 amide bonds. The minimum atomic E-state index is -0.339. The van der Waals surface area contributed by atoms with Crippen molar-refractivity contribution in [3.05, 3.63) is 28.2 Å². The Balaban J connectivity index is 0.00000149. The van der Waals surface area contributed by atoms with Crippen LogP contribution in [0.25, 0.3) is 0 Å². The predicted octanol–water partition coefficient (Wildman–Crippen LogP) is 4.32. The molecule has 3 N–H and O–H groups in total. The van der Waals surface area contributed by atoms with Crippen molar-refractivity contribution in [1.29, 1.82) is 0 Å². The summed E-state index contributed by atoms with van der Waals surface area (Å²) in [6.07, 6.45) is 3.25. The molecule has 1 aromatic rings. The summed E-state index contributed by atoms with van der Waals surface area (Å²) in [5, 5.41) is 9.94. The van der Waals surface area contributed by atoms with E-state index in [1.807, 2.05) is 27.9 Å². The second kappa shape index (κ2) is 12.5. The van der Waals surface area contributed by atoms with Gasteiger partial charge in [0.15, 0.2) is 0 Å². The van der Waals surface area contributed by atoms with Crippen LogP contribution in [0.4, 0.5) is 5.69 Å². The van der Waals surface area contributed by atoms with Gasteiger partial charge in [0.2, 0.25) is 5.91 Å². The predicted molar refractivity (Wildman–Crippen MR) is 102 cm³/mol. The first-order valence-electron chi connectivity index (χ1n) is 7.95. The van der Waals surface area contributed by atoms with E-state index >= 15 is 0 Å². The number of rotatable bonds is 7. The minimum absolute atomic E-state index is 0.0234. The number of hydrogen-bond donors (Lipinski definition) is 3. The zero-order valence-corrected chi connectivity index (χ0v) is 16.2. The van der Waals surface area contributed by atoms with Gasteiger partial charge in [-0.3, -0.25) is 4.79 Å². The van der Waals surface area contributed by atoms with Crippen LogP contribution in [0.2, 0.25) is 10.0 Å². The van der Waals surface area contributed by atoms with E-state index in [1.54, 1.807) is 18.2 Å². The van der Waals surface area contributed by atoms with Crippen molar-refractivity contribution in [2.45, 2.75) is 52.1 Å². The van der Waals surface area contributed by atoms with E-state index in [2.05, 4.69) is 22.9 Å². The van der Waals surface area contributed by atoms with Crippen LogP contribution in [-0.4, -0.2) is 32.1 Å². The number of hydrogen-bond acceptors (Lipinski definition) is 3. The van der Waals surface area contributed by atoms with Crippen molar-refractivity contribution in [2.75, 3.05) is 19.4 Å². The lowest BCUT2D eigenvalue weighted by Crippen LogP contribution is -2.42. The van der Waals surface area contributed by atoms with E-state index in [1.165, 1.54) is 0 Å². The SMILES string of the molecule is CCCC[C@H](C)NC(=O)C(C)Nc1cc(Cl)cc(Cl)c1.CNC. The van der Waals surface area contributed by atoms with E-state index in [0.29, 0.717) is 10.0 Å². The number of nitrogens with one attached hydrogen (secondary N) is 3. The van der Waals surface area contributed by atoms with Gasteiger partial charge in [0.1, 0.15) is 6.04 Å². The molecule has 1 aromatic carbocycles. The first kappa shape index (κ1) is 22.0. The normalized spacial score (nSPS) is 12.7. The molecule has 1 unspecified atom stereocenters. The van der Waals surface area contributed by atoms with Crippen LogP contribution in [0.5, 0.6) is 0 Å². The van der Waals surface area contributed by atoms with Gasteiger partial charge in [-0.05, 0) is 52.6 Å². The number of benzene rings is 1. The van der Waals surface area contributed by atoms with Gasteiger partial charge in [-0.2, -0.15) is 0 Å². The number of carbonyl (C=O) groups is 1. The number of halogens is 2. The van der Waals surface area contributed by atoms with Gasteiger partial charge in [0, 0.05) is 21.8 Å². The van der Waals surface area contributed by atoms with E-state index in [9.17, 15) is 4.79 Å². The quantitative estimate of drug-likeness (QED) is 0.677. The van der Waals surface area contributed by atoms with E-state index in [0.717, 1.165) is 24.9 Å². The summed E-state index contributed by atoms with van der Waals surface area (Å²) < 4.78 is 0. The molecule has 0 bridgehead atoms. The monoisotopic (exact) mass is 361 g/mol. The fourth-order valence-electron chi connectivity index (χ4n) is 1.90. The van der Waals surface area contributed by atoms with Crippen LogP contribution < -0.4 is 16.0 Å². The van der Waals surface area contributed by atoms with Crippen molar-refractivity contribution in [3.8, 4) is 0 Å². The fraction of sp³-hybridized carbons (Fsp3) is 0.588. The molecule has 0 saturated carbocycles. The van der Waals surface area contributed by atoms with Gasteiger partial charge in [0.05, 0.1) is 0 Å². The lowest BCUT2D eigenvalue weighted by atomic mass is 10.1. The summed E-state index contributed by atoms with van der Waals surface area (Å²) in [5.41, 5.74) is 0.742. The zero-order valence-electron chi connectivity index (χ0n) is 14.7. The third-order valence-corrected chi connectivity index (χ3v) is 3.45. The lowest BCUT2D eigenvalue weighted by Gasteiger charge is -2.19. The van der Waals surface area contributed by atoms with Crippen LogP contribution in [0.3, 0.4) is 0 Å². The van der Waals surface area contributed by atoms with Gasteiger partial charge in [0.25, 0.3) is 0 Å². The van der Waals surface area contributed by atoms with Crippen molar-refractivity contribution >= 4 is 34.8 Å². The maximum atomic E-state index is 12.1. The molecule has 0 radical (unpaired) electrons. The number of carbonyl (C=O) groups excluding carboxylic acids is 1. The highest BCUT2D eigenvalue weighted by Gasteiger charge is 2.15. The fourth-order valence-corrected chi connectivity index (χ4v) is 2.43. The van der Waals surface area contributed by atoms with Gasteiger partial charge in [-0.15, -0.1) is 0 Å². The number of anilines is 1. The van der Waals surface area contributed by atoms with E-state index in [4.69, 9.17) is 23.2 Å². The molecule has 0 aliphatic heterocycles. The lowest BCUT2D eigenvalue weighted by molar-refractivity contribution is -0.122. The third-order valence-electron chi connectivity index (χ3n) is 3.02. The Morgan fingerprint density at radius 2 is 1.65 bits per heavy atom. The molecule has 2 atom stereocenters. The van der Waals surface area contributed by atoms with Crippen molar-refractivity contribution < 1.29 is 4.79 Å². The summed E-state index contributed by atoms with van der Waals surface area (Å²) >= 11 is 11.9. The smallest absolute Gasteiger partial charge is 0.242 e. The Kier molecular flexibility index (Phi) is 11.9. The van der Waals surface area contributed by atoms with Gasteiger partial charge < -0.3 is 16.0 Å². The number of amides is 1. The molecule has 23 heavy (non-hydrogen) atoms. The van der Waals surface area contributed by atoms with Crippen molar-refractivity contribution in [2.24, 2.45) is 0 Å². The van der Waals surface area contributed by atoms with Crippen molar-refractivity contribution in [3.63, 3.8) is 0 Å². The molecular weight excluding hydrogens is 333 g/mol. The van der Waals surface area contributed by atoms with Gasteiger partial charge >= 0.3 is 0 Å². The molecule has 0 fully saturated rings. The Bertz CT molecular complexity index is 449. The summed E-state index contributed by atoms with van der Waals surface area (Å²) in [6.45, 7) is 5.98. The maximum absolute atomic E-state index is 12.1. The van der Waals surface area contributed by atoms with Gasteiger partial charge in [-0.25, -0.2) is 0 Å². The minimum Gasteiger partial charge on any atom is -0.374 e. The molecule has 6 heteroatoms. The Morgan fingerprint density at radius 3 is 2.13 bits per heavy atom. The van der Waals surface area contributed by atoms with Crippen LogP contribution in [0, 0.1) is 0 Å². The maximum Gasteiger partial charge on any atom is 0.242 e. The Labute approximate surface area is 150 Å². The second-order valence-corrected chi connectivity index (χ2v) is 6.45. The summed E-state index contributed by atoms with van der Waals surface area (Å²) in [6, 6.07) is 5.00. The highest BCUT2D eigenvalue weighted by Crippen LogP contribution is 2.22.